The van der Waals surface area contributed by atoms with Crippen LogP contribution >= 0.6 is 0 Å². The lowest BCUT2D eigenvalue weighted by molar-refractivity contribution is -0.140. The summed E-state index contributed by atoms with van der Waals surface area (Å²) in [4.78, 5) is 30.0. The molecule has 28 heavy (non-hydrogen) atoms. The van der Waals surface area contributed by atoms with Gasteiger partial charge in [-0.15, -0.1) is 0 Å². The van der Waals surface area contributed by atoms with Crippen LogP contribution in [0.15, 0.2) is 48.5 Å². The third-order valence-electron chi connectivity index (χ3n) is 5.09. The summed E-state index contributed by atoms with van der Waals surface area (Å²) in [6.07, 6.45) is 0. The summed E-state index contributed by atoms with van der Waals surface area (Å²) in [5, 5.41) is 0. The average molecular weight is 383 g/mol. The highest BCUT2D eigenvalue weighted by atomic mass is 19.1. The predicted molar refractivity (Wildman–Crippen MR) is 107 cm³/mol. The van der Waals surface area contributed by atoms with E-state index in [9.17, 15) is 14.0 Å². The first-order valence-corrected chi connectivity index (χ1v) is 9.52. The van der Waals surface area contributed by atoms with Crippen LogP contribution < -0.4 is 4.90 Å². The first-order chi connectivity index (χ1) is 13.4. The summed E-state index contributed by atoms with van der Waals surface area (Å²) in [6.45, 7) is 6.15. The molecule has 0 aromatic heterocycles. The first-order valence-electron chi connectivity index (χ1n) is 9.52. The molecule has 0 aliphatic carbocycles. The Morgan fingerprint density at radius 3 is 2.25 bits per heavy atom. The van der Waals surface area contributed by atoms with Crippen molar-refractivity contribution in [1.82, 2.24) is 9.80 Å². The Bertz CT molecular complexity index is 830. The minimum atomic E-state index is -0.247. The van der Waals surface area contributed by atoms with E-state index in [4.69, 9.17) is 0 Å². The lowest BCUT2D eigenvalue weighted by Crippen LogP contribution is -2.51. The Kier molecular flexibility index (Phi) is 6.29. The van der Waals surface area contributed by atoms with Crippen molar-refractivity contribution in [1.29, 1.82) is 0 Å². The molecule has 0 saturated carbocycles. The minimum absolute atomic E-state index is 0.0584. The SMILES string of the molecule is CC(=O)N(CC(=O)N1CCN(c2ccccc2F)CC1)Cc1ccc(C)cc1. The van der Waals surface area contributed by atoms with Crippen molar-refractivity contribution in [2.24, 2.45) is 0 Å². The molecule has 2 aromatic carbocycles. The Morgan fingerprint density at radius 1 is 1.00 bits per heavy atom. The van der Waals surface area contributed by atoms with Crippen molar-refractivity contribution in [3.05, 3.63) is 65.5 Å². The van der Waals surface area contributed by atoms with Crippen LogP contribution in [0.25, 0.3) is 0 Å². The van der Waals surface area contributed by atoms with Crippen molar-refractivity contribution in [2.75, 3.05) is 37.6 Å². The second kappa shape index (κ2) is 8.87. The number of para-hydroxylation sites is 1. The van der Waals surface area contributed by atoms with E-state index in [-0.39, 0.29) is 24.2 Å². The van der Waals surface area contributed by atoms with Gasteiger partial charge in [0.05, 0.1) is 5.69 Å². The van der Waals surface area contributed by atoms with E-state index in [1.54, 1.807) is 21.9 Å². The van der Waals surface area contributed by atoms with E-state index in [0.717, 1.165) is 11.1 Å². The van der Waals surface area contributed by atoms with Crippen molar-refractivity contribution in [2.45, 2.75) is 20.4 Å². The van der Waals surface area contributed by atoms with Gasteiger partial charge in [0.15, 0.2) is 0 Å². The van der Waals surface area contributed by atoms with Crippen LogP contribution in [0.3, 0.4) is 0 Å². The molecule has 2 aromatic rings. The fraction of sp³-hybridized carbons (Fsp3) is 0.364. The Hall–Kier alpha value is -2.89. The second-order valence-corrected chi connectivity index (χ2v) is 7.18. The number of halogens is 1. The highest BCUT2D eigenvalue weighted by Gasteiger charge is 2.24. The number of piperazine rings is 1. The number of anilines is 1. The van der Waals surface area contributed by atoms with E-state index in [0.29, 0.717) is 38.4 Å². The van der Waals surface area contributed by atoms with E-state index >= 15 is 0 Å². The lowest BCUT2D eigenvalue weighted by atomic mass is 10.1. The molecular weight excluding hydrogens is 357 g/mol. The quantitative estimate of drug-likeness (QED) is 0.798. The zero-order valence-electron chi connectivity index (χ0n) is 16.4. The zero-order valence-corrected chi connectivity index (χ0v) is 16.4. The van der Waals surface area contributed by atoms with Crippen LogP contribution in [0.5, 0.6) is 0 Å². The molecule has 0 spiro atoms. The highest BCUT2D eigenvalue weighted by molar-refractivity contribution is 5.84. The number of amides is 2. The molecular formula is C22H26FN3O2. The lowest BCUT2D eigenvalue weighted by Gasteiger charge is -2.37. The largest absolute Gasteiger partial charge is 0.366 e. The van der Waals surface area contributed by atoms with Crippen LogP contribution in [0.4, 0.5) is 10.1 Å². The van der Waals surface area contributed by atoms with Crippen molar-refractivity contribution in [3.8, 4) is 0 Å². The molecule has 0 radical (unpaired) electrons. The molecule has 3 rings (SSSR count). The average Bonchev–Trinajstić information content (AvgIpc) is 2.69. The monoisotopic (exact) mass is 383 g/mol. The molecule has 1 saturated heterocycles. The molecule has 0 unspecified atom stereocenters. The smallest absolute Gasteiger partial charge is 0.242 e. The fourth-order valence-corrected chi connectivity index (χ4v) is 3.36. The summed E-state index contributed by atoms with van der Waals surface area (Å²) in [6, 6.07) is 14.6. The van der Waals surface area contributed by atoms with Gasteiger partial charge in [-0.05, 0) is 24.6 Å². The third kappa shape index (κ3) is 4.88. The van der Waals surface area contributed by atoms with Gasteiger partial charge in [0.1, 0.15) is 12.4 Å². The number of carbonyl (C=O) groups is 2. The van der Waals surface area contributed by atoms with Gasteiger partial charge in [-0.2, -0.15) is 0 Å². The molecule has 1 aliphatic rings. The normalized spacial score (nSPS) is 14.1. The number of hydrogen-bond acceptors (Lipinski definition) is 3. The van der Waals surface area contributed by atoms with Crippen LogP contribution in [0, 0.1) is 12.7 Å². The number of aryl methyl sites for hydroxylation is 1. The Morgan fingerprint density at radius 2 is 1.64 bits per heavy atom. The summed E-state index contributed by atoms with van der Waals surface area (Å²) in [7, 11) is 0. The molecule has 0 bridgehead atoms. The number of carbonyl (C=O) groups excluding carboxylic acids is 2. The van der Waals surface area contributed by atoms with Crippen molar-refractivity contribution in [3.63, 3.8) is 0 Å². The van der Waals surface area contributed by atoms with Gasteiger partial charge in [0.2, 0.25) is 11.8 Å². The van der Waals surface area contributed by atoms with Crippen LogP contribution in [-0.4, -0.2) is 54.3 Å². The number of nitrogens with zero attached hydrogens (tertiary/aromatic N) is 3. The second-order valence-electron chi connectivity index (χ2n) is 7.18. The minimum Gasteiger partial charge on any atom is -0.366 e. The van der Waals surface area contributed by atoms with Gasteiger partial charge in [0.25, 0.3) is 0 Å². The number of rotatable bonds is 5. The van der Waals surface area contributed by atoms with E-state index in [1.807, 2.05) is 42.2 Å². The molecule has 0 N–H and O–H groups in total. The van der Waals surface area contributed by atoms with E-state index < -0.39 is 0 Å². The van der Waals surface area contributed by atoms with Gasteiger partial charge in [0, 0.05) is 39.6 Å². The first kappa shape index (κ1) is 19.9. The molecule has 148 valence electrons. The van der Waals surface area contributed by atoms with Crippen LogP contribution in [0.1, 0.15) is 18.1 Å². The molecule has 1 aliphatic heterocycles. The fourth-order valence-electron chi connectivity index (χ4n) is 3.36. The van der Waals surface area contributed by atoms with E-state index in [2.05, 4.69) is 0 Å². The van der Waals surface area contributed by atoms with Crippen LogP contribution in [0.2, 0.25) is 0 Å². The number of hydrogen-bond donors (Lipinski definition) is 0. The maximum absolute atomic E-state index is 14.0. The standard InChI is InChI=1S/C22H26FN3O2/c1-17-7-9-19(10-8-17)15-26(18(2)27)16-22(28)25-13-11-24(12-14-25)21-6-4-3-5-20(21)23/h3-10H,11-16H2,1-2H3. The Balaban J connectivity index is 1.57. The summed E-state index contributed by atoms with van der Waals surface area (Å²) in [5.41, 5.74) is 2.72. The number of benzene rings is 2. The molecule has 2 amide bonds. The van der Waals surface area contributed by atoms with Gasteiger partial charge in [-0.25, -0.2) is 4.39 Å². The van der Waals surface area contributed by atoms with Crippen molar-refractivity contribution < 1.29 is 14.0 Å². The molecule has 5 nitrogen and oxygen atoms in total. The summed E-state index contributed by atoms with van der Waals surface area (Å²) < 4.78 is 14.0. The Labute approximate surface area is 165 Å². The van der Waals surface area contributed by atoms with Crippen LogP contribution in [-0.2, 0) is 16.1 Å². The predicted octanol–water partition coefficient (Wildman–Crippen LogP) is 2.83. The third-order valence-corrected chi connectivity index (χ3v) is 5.09. The zero-order chi connectivity index (χ0) is 20.1. The molecule has 1 heterocycles. The van der Waals surface area contributed by atoms with Crippen molar-refractivity contribution >= 4 is 17.5 Å². The highest BCUT2D eigenvalue weighted by Crippen LogP contribution is 2.20. The maximum Gasteiger partial charge on any atom is 0.242 e. The van der Waals surface area contributed by atoms with Gasteiger partial charge < -0.3 is 14.7 Å². The van der Waals surface area contributed by atoms with Gasteiger partial charge in [-0.3, -0.25) is 9.59 Å². The molecule has 1 fully saturated rings. The summed E-state index contributed by atoms with van der Waals surface area (Å²) >= 11 is 0. The topological polar surface area (TPSA) is 43.9 Å². The molecule has 0 atom stereocenters. The summed E-state index contributed by atoms with van der Waals surface area (Å²) in [5.74, 6) is -0.447. The molecule has 6 heteroatoms. The van der Waals surface area contributed by atoms with Gasteiger partial charge in [-0.1, -0.05) is 42.0 Å². The van der Waals surface area contributed by atoms with Gasteiger partial charge >= 0.3 is 0 Å². The van der Waals surface area contributed by atoms with E-state index in [1.165, 1.54) is 13.0 Å². The maximum atomic E-state index is 14.0.